The Labute approximate surface area is 87.7 Å². The Kier molecular flexibility index (Phi) is 2.24. The van der Waals surface area contributed by atoms with Crippen molar-refractivity contribution < 1.29 is 13.6 Å². The lowest BCUT2D eigenvalue weighted by molar-refractivity contribution is 0.316. The van der Waals surface area contributed by atoms with Crippen molar-refractivity contribution in [1.82, 2.24) is 4.31 Å². The topological polar surface area (TPSA) is 70.0 Å². The van der Waals surface area contributed by atoms with Crippen molar-refractivity contribution in [2.24, 2.45) is 5.16 Å². The number of sulfonamides is 1. The van der Waals surface area contributed by atoms with E-state index >= 15 is 0 Å². The van der Waals surface area contributed by atoms with Crippen LogP contribution in [0.1, 0.15) is 5.56 Å². The van der Waals surface area contributed by atoms with Gasteiger partial charge in [0.1, 0.15) is 5.71 Å². The van der Waals surface area contributed by atoms with E-state index in [9.17, 15) is 8.42 Å². The fraction of sp³-hybridized carbons (Fsp3) is 0.222. The number of likely N-dealkylation sites (N-methyl/N-ethyl adjacent to an activating group) is 1. The maximum absolute atomic E-state index is 11.9. The van der Waals surface area contributed by atoms with Gasteiger partial charge in [-0.15, -0.1) is 0 Å². The standard InChI is InChI=1S/C9H10N2O3S/c1-11-6-8(10-12)7-4-2-3-5-9(7)15(11,13)14/h2-5,12H,6H2,1H3. The summed E-state index contributed by atoms with van der Waals surface area (Å²) in [4.78, 5) is 0.187. The van der Waals surface area contributed by atoms with Crippen LogP contribution in [0, 0.1) is 0 Å². The van der Waals surface area contributed by atoms with Crippen LogP contribution in [0.15, 0.2) is 34.3 Å². The van der Waals surface area contributed by atoms with Gasteiger partial charge in [-0.3, -0.25) is 0 Å². The van der Waals surface area contributed by atoms with Gasteiger partial charge in [-0.1, -0.05) is 23.4 Å². The van der Waals surface area contributed by atoms with Crippen molar-refractivity contribution in [3.05, 3.63) is 29.8 Å². The molecule has 5 nitrogen and oxygen atoms in total. The van der Waals surface area contributed by atoms with Crippen LogP contribution in [-0.2, 0) is 10.0 Å². The first kappa shape index (κ1) is 10.1. The Morgan fingerprint density at radius 3 is 2.73 bits per heavy atom. The molecule has 1 aliphatic heterocycles. The zero-order valence-corrected chi connectivity index (χ0v) is 8.90. The number of hydrogen-bond acceptors (Lipinski definition) is 4. The Balaban J connectivity index is 2.75. The SMILES string of the molecule is CN1CC(=NO)c2ccccc2S1(=O)=O. The van der Waals surface area contributed by atoms with Gasteiger partial charge in [-0.2, -0.15) is 4.31 Å². The number of hydrogen-bond donors (Lipinski definition) is 1. The van der Waals surface area contributed by atoms with Gasteiger partial charge in [0.2, 0.25) is 10.0 Å². The first-order valence-corrected chi connectivity index (χ1v) is 5.78. The van der Waals surface area contributed by atoms with E-state index in [2.05, 4.69) is 5.16 Å². The summed E-state index contributed by atoms with van der Waals surface area (Å²) >= 11 is 0. The molecule has 0 atom stereocenters. The molecule has 0 bridgehead atoms. The van der Waals surface area contributed by atoms with E-state index in [4.69, 9.17) is 5.21 Å². The second-order valence-corrected chi connectivity index (χ2v) is 5.32. The number of fused-ring (bicyclic) bond motifs is 1. The highest BCUT2D eigenvalue weighted by molar-refractivity contribution is 7.89. The van der Waals surface area contributed by atoms with Gasteiger partial charge in [0.05, 0.1) is 11.4 Å². The molecule has 1 aliphatic rings. The summed E-state index contributed by atoms with van der Waals surface area (Å²) in [5.74, 6) is 0. The van der Waals surface area contributed by atoms with Gasteiger partial charge in [0.15, 0.2) is 0 Å². The van der Waals surface area contributed by atoms with Crippen LogP contribution in [0.3, 0.4) is 0 Å². The molecule has 1 N–H and O–H groups in total. The van der Waals surface area contributed by atoms with Crippen LogP contribution in [-0.4, -0.2) is 37.2 Å². The van der Waals surface area contributed by atoms with Crippen molar-refractivity contribution >= 4 is 15.7 Å². The fourth-order valence-electron chi connectivity index (χ4n) is 1.56. The lowest BCUT2D eigenvalue weighted by Gasteiger charge is -2.24. The first-order chi connectivity index (χ1) is 7.07. The molecule has 0 amide bonds. The highest BCUT2D eigenvalue weighted by Crippen LogP contribution is 2.24. The van der Waals surface area contributed by atoms with Crippen LogP contribution in [0.25, 0.3) is 0 Å². The van der Waals surface area contributed by atoms with Crippen LogP contribution in [0.5, 0.6) is 0 Å². The summed E-state index contributed by atoms with van der Waals surface area (Å²) in [6, 6.07) is 6.50. The molecule has 0 fully saturated rings. The third-order valence-electron chi connectivity index (χ3n) is 2.38. The Morgan fingerprint density at radius 2 is 2.07 bits per heavy atom. The predicted octanol–water partition coefficient (Wildman–Crippen LogP) is 0.499. The molecule has 0 saturated heterocycles. The summed E-state index contributed by atoms with van der Waals surface area (Å²) < 4.78 is 24.9. The average Bonchev–Trinajstić information content (AvgIpc) is 2.24. The molecule has 0 aliphatic carbocycles. The minimum absolute atomic E-state index is 0.0931. The van der Waals surface area contributed by atoms with E-state index in [1.807, 2.05) is 0 Å². The highest BCUT2D eigenvalue weighted by Gasteiger charge is 2.32. The zero-order valence-electron chi connectivity index (χ0n) is 8.08. The smallest absolute Gasteiger partial charge is 0.243 e. The molecule has 0 spiro atoms. The molecule has 1 heterocycles. The summed E-state index contributed by atoms with van der Waals surface area (Å²) in [6.45, 7) is 0.0931. The molecule has 0 unspecified atom stereocenters. The second kappa shape index (κ2) is 3.32. The molecule has 6 heteroatoms. The van der Waals surface area contributed by atoms with E-state index in [1.165, 1.54) is 13.1 Å². The van der Waals surface area contributed by atoms with Crippen LogP contribution < -0.4 is 0 Å². The van der Waals surface area contributed by atoms with E-state index in [0.29, 0.717) is 11.3 Å². The molecular weight excluding hydrogens is 216 g/mol. The van der Waals surface area contributed by atoms with Gasteiger partial charge in [-0.05, 0) is 6.07 Å². The Hall–Kier alpha value is -1.40. The lowest BCUT2D eigenvalue weighted by Crippen LogP contribution is -2.38. The number of nitrogens with zero attached hydrogens (tertiary/aromatic N) is 2. The van der Waals surface area contributed by atoms with Crippen molar-refractivity contribution in [2.45, 2.75) is 4.90 Å². The van der Waals surface area contributed by atoms with E-state index in [-0.39, 0.29) is 11.4 Å². The summed E-state index contributed by atoms with van der Waals surface area (Å²) in [5, 5.41) is 11.9. The highest BCUT2D eigenvalue weighted by atomic mass is 32.2. The Bertz CT molecular complexity index is 522. The second-order valence-electron chi connectivity index (χ2n) is 3.30. The van der Waals surface area contributed by atoms with Crippen molar-refractivity contribution in [2.75, 3.05) is 13.6 Å². The van der Waals surface area contributed by atoms with Gasteiger partial charge in [0.25, 0.3) is 0 Å². The lowest BCUT2D eigenvalue weighted by atomic mass is 10.1. The molecule has 0 aromatic heterocycles. The summed E-state index contributed by atoms with van der Waals surface area (Å²) in [6.07, 6.45) is 0. The van der Waals surface area contributed by atoms with E-state index in [1.54, 1.807) is 18.2 Å². The van der Waals surface area contributed by atoms with Gasteiger partial charge in [-0.25, -0.2) is 8.42 Å². The third kappa shape index (κ3) is 1.42. The van der Waals surface area contributed by atoms with Crippen LogP contribution in [0.2, 0.25) is 0 Å². The summed E-state index contributed by atoms with van der Waals surface area (Å²) in [7, 11) is -1.97. The van der Waals surface area contributed by atoms with Crippen molar-refractivity contribution in [1.29, 1.82) is 0 Å². The maximum Gasteiger partial charge on any atom is 0.243 e. The third-order valence-corrected chi connectivity index (χ3v) is 4.24. The molecule has 1 aromatic rings. The molecule has 2 rings (SSSR count). The molecule has 0 radical (unpaired) electrons. The monoisotopic (exact) mass is 226 g/mol. The normalized spacial score (nSPS) is 22.6. The van der Waals surface area contributed by atoms with Gasteiger partial charge >= 0.3 is 0 Å². The van der Waals surface area contributed by atoms with E-state index in [0.717, 1.165) is 4.31 Å². The number of rotatable bonds is 0. The molecular formula is C9H10N2O3S. The summed E-state index contributed by atoms with van der Waals surface area (Å²) in [5.41, 5.74) is 0.834. The minimum atomic E-state index is -3.42. The van der Waals surface area contributed by atoms with Gasteiger partial charge in [0, 0.05) is 12.6 Å². The quantitative estimate of drug-likeness (QED) is 0.517. The molecule has 1 aromatic carbocycles. The number of benzene rings is 1. The van der Waals surface area contributed by atoms with Crippen molar-refractivity contribution in [3.8, 4) is 0 Å². The molecule has 15 heavy (non-hydrogen) atoms. The van der Waals surface area contributed by atoms with Crippen molar-refractivity contribution in [3.63, 3.8) is 0 Å². The van der Waals surface area contributed by atoms with E-state index < -0.39 is 10.0 Å². The maximum atomic E-state index is 11.9. The van der Waals surface area contributed by atoms with Crippen LogP contribution in [0.4, 0.5) is 0 Å². The number of oxime groups is 1. The zero-order chi connectivity index (χ0) is 11.1. The first-order valence-electron chi connectivity index (χ1n) is 4.34. The van der Waals surface area contributed by atoms with Crippen LogP contribution >= 0.6 is 0 Å². The predicted molar refractivity (Wildman–Crippen MR) is 54.6 cm³/mol. The fourth-order valence-corrected chi connectivity index (χ4v) is 2.91. The minimum Gasteiger partial charge on any atom is -0.411 e. The van der Waals surface area contributed by atoms with Gasteiger partial charge < -0.3 is 5.21 Å². The Morgan fingerprint density at radius 1 is 1.40 bits per heavy atom. The molecule has 80 valence electrons. The molecule has 0 saturated carbocycles. The largest absolute Gasteiger partial charge is 0.411 e. The average molecular weight is 226 g/mol.